The second kappa shape index (κ2) is 9.82. The van der Waals surface area contributed by atoms with Crippen molar-refractivity contribution in [3.63, 3.8) is 0 Å². The average molecular weight is 405 g/mol. The smallest absolute Gasteiger partial charge is 0.227 e. The van der Waals surface area contributed by atoms with Crippen molar-refractivity contribution in [2.75, 3.05) is 16.0 Å². The number of pyridine rings is 1. The van der Waals surface area contributed by atoms with Crippen LogP contribution in [0.2, 0.25) is 0 Å². The molecule has 156 valence electrons. The third-order valence-corrected chi connectivity index (χ3v) is 4.79. The van der Waals surface area contributed by atoms with Crippen LogP contribution in [0, 0.1) is 19.8 Å². The van der Waals surface area contributed by atoms with Gasteiger partial charge in [-0.25, -0.2) is 15.0 Å². The van der Waals surface area contributed by atoms with E-state index in [-0.39, 0.29) is 11.8 Å². The van der Waals surface area contributed by atoms with Crippen molar-refractivity contribution in [1.29, 1.82) is 0 Å². The summed E-state index contributed by atoms with van der Waals surface area (Å²) in [6.07, 6.45) is 3.43. The molecular weight excluding hydrogens is 376 g/mol. The molecule has 0 saturated carbocycles. The van der Waals surface area contributed by atoms with E-state index >= 15 is 0 Å². The van der Waals surface area contributed by atoms with E-state index in [1.165, 1.54) is 0 Å². The number of nitrogens with zero attached hydrogens (tertiary/aromatic N) is 3. The SMILES string of the molecule is CCC(CC)C(=O)Nc1ccc(Nc2cc(Nc3cc(C)ccn3)nc(C)n2)cc1. The largest absolute Gasteiger partial charge is 0.340 e. The highest BCUT2D eigenvalue weighted by molar-refractivity contribution is 5.92. The number of anilines is 5. The summed E-state index contributed by atoms with van der Waals surface area (Å²) in [5.41, 5.74) is 2.77. The number of aryl methyl sites for hydroxylation is 2. The summed E-state index contributed by atoms with van der Waals surface area (Å²) in [5, 5.41) is 9.47. The van der Waals surface area contributed by atoms with Crippen LogP contribution in [0.25, 0.3) is 0 Å². The van der Waals surface area contributed by atoms with Gasteiger partial charge in [0.15, 0.2) is 0 Å². The lowest BCUT2D eigenvalue weighted by atomic mass is 10.0. The summed E-state index contributed by atoms with van der Waals surface area (Å²) in [6.45, 7) is 7.92. The van der Waals surface area contributed by atoms with Crippen LogP contribution in [0.1, 0.15) is 38.1 Å². The first-order valence-electron chi connectivity index (χ1n) is 10.2. The van der Waals surface area contributed by atoms with Crippen LogP contribution in [0.15, 0.2) is 48.7 Å². The second-order valence-corrected chi connectivity index (χ2v) is 7.23. The van der Waals surface area contributed by atoms with Crippen molar-refractivity contribution >= 4 is 34.7 Å². The standard InChI is InChI=1S/C23H28N6O/c1-5-17(6-2)23(30)28-19-9-7-18(8-10-19)27-21-14-22(26-16(4)25-21)29-20-13-15(3)11-12-24-20/h7-14,17H,5-6H2,1-4H3,(H,28,30)(H2,24,25,26,27,29). The summed E-state index contributed by atoms with van der Waals surface area (Å²) in [7, 11) is 0. The van der Waals surface area contributed by atoms with Gasteiger partial charge in [-0.15, -0.1) is 0 Å². The van der Waals surface area contributed by atoms with Gasteiger partial charge in [0.1, 0.15) is 23.3 Å². The molecule has 2 heterocycles. The molecule has 0 fully saturated rings. The van der Waals surface area contributed by atoms with Gasteiger partial charge in [0.25, 0.3) is 0 Å². The molecular formula is C23H28N6O. The maximum atomic E-state index is 12.2. The van der Waals surface area contributed by atoms with Gasteiger partial charge >= 0.3 is 0 Å². The zero-order valence-corrected chi connectivity index (χ0v) is 17.9. The monoisotopic (exact) mass is 404 g/mol. The number of hydrogen-bond donors (Lipinski definition) is 3. The molecule has 7 nitrogen and oxygen atoms in total. The van der Waals surface area contributed by atoms with E-state index in [9.17, 15) is 4.79 Å². The van der Waals surface area contributed by atoms with Gasteiger partial charge in [0.05, 0.1) is 0 Å². The van der Waals surface area contributed by atoms with Gasteiger partial charge in [0.2, 0.25) is 5.91 Å². The lowest BCUT2D eigenvalue weighted by Gasteiger charge is -2.13. The summed E-state index contributed by atoms with van der Waals surface area (Å²) in [6, 6.07) is 13.3. The molecule has 0 radical (unpaired) electrons. The Morgan fingerprint density at radius 2 is 1.50 bits per heavy atom. The van der Waals surface area contributed by atoms with Crippen LogP contribution >= 0.6 is 0 Å². The summed E-state index contributed by atoms with van der Waals surface area (Å²) in [4.78, 5) is 25.4. The highest BCUT2D eigenvalue weighted by atomic mass is 16.1. The molecule has 7 heteroatoms. The second-order valence-electron chi connectivity index (χ2n) is 7.23. The van der Waals surface area contributed by atoms with E-state index in [0.29, 0.717) is 17.5 Å². The molecule has 0 unspecified atom stereocenters. The van der Waals surface area contributed by atoms with Crippen molar-refractivity contribution in [3.8, 4) is 0 Å². The minimum Gasteiger partial charge on any atom is -0.340 e. The number of hydrogen-bond acceptors (Lipinski definition) is 6. The fourth-order valence-corrected chi connectivity index (χ4v) is 3.12. The van der Waals surface area contributed by atoms with Crippen LogP contribution in [-0.4, -0.2) is 20.9 Å². The molecule has 2 aromatic heterocycles. The molecule has 0 saturated heterocycles. The van der Waals surface area contributed by atoms with Crippen LogP contribution in [0.3, 0.4) is 0 Å². The fraction of sp³-hybridized carbons (Fsp3) is 0.304. The van der Waals surface area contributed by atoms with Gasteiger partial charge in [-0.2, -0.15) is 0 Å². The predicted octanol–water partition coefficient (Wildman–Crippen LogP) is 5.35. The Bertz CT molecular complexity index is 999. The van der Waals surface area contributed by atoms with E-state index in [0.717, 1.165) is 35.6 Å². The normalized spacial score (nSPS) is 10.7. The highest BCUT2D eigenvalue weighted by Crippen LogP contribution is 2.22. The molecule has 30 heavy (non-hydrogen) atoms. The molecule has 0 spiro atoms. The Balaban J connectivity index is 1.68. The van der Waals surface area contributed by atoms with Gasteiger partial charge in [-0.1, -0.05) is 13.8 Å². The van der Waals surface area contributed by atoms with Crippen LogP contribution in [0.5, 0.6) is 0 Å². The number of nitrogens with one attached hydrogen (secondary N) is 3. The molecule has 0 aliphatic carbocycles. The lowest BCUT2D eigenvalue weighted by Crippen LogP contribution is -2.21. The lowest BCUT2D eigenvalue weighted by molar-refractivity contribution is -0.120. The average Bonchev–Trinajstić information content (AvgIpc) is 2.70. The zero-order valence-electron chi connectivity index (χ0n) is 17.9. The van der Waals surface area contributed by atoms with Gasteiger partial charge < -0.3 is 16.0 Å². The third-order valence-electron chi connectivity index (χ3n) is 4.79. The van der Waals surface area contributed by atoms with Gasteiger partial charge in [-0.3, -0.25) is 4.79 Å². The summed E-state index contributed by atoms with van der Waals surface area (Å²) < 4.78 is 0. The van der Waals surface area contributed by atoms with E-state index < -0.39 is 0 Å². The minimum atomic E-state index is 0.0422. The van der Waals surface area contributed by atoms with Crippen molar-refractivity contribution in [2.24, 2.45) is 5.92 Å². The van der Waals surface area contributed by atoms with Crippen molar-refractivity contribution in [1.82, 2.24) is 15.0 Å². The topological polar surface area (TPSA) is 91.8 Å². The first-order valence-corrected chi connectivity index (χ1v) is 10.2. The Kier molecular flexibility index (Phi) is 6.95. The molecule has 0 atom stereocenters. The van der Waals surface area contributed by atoms with E-state index in [1.807, 2.05) is 70.2 Å². The van der Waals surface area contributed by atoms with Crippen molar-refractivity contribution < 1.29 is 4.79 Å². The summed E-state index contributed by atoms with van der Waals surface area (Å²) >= 11 is 0. The number of amides is 1. The molecule has 3 N–H and O–H groups in total. The third kappa shape index (κ3) is 5.76. The fourth-order valence-electron chi connectivity index (χ4n) is 3.12. The molecule has 3 rings (SSSR count). The van der Waals surface area contributed by atoms with Gasteiger partial charge in [0, 0.05) is 29.6 Å². The molecule has 3 aromatic rings. The summed E-state index contributed by atoms with van der Waals surface area (Å²) in [5.74, 6) is 2.82. The highest BCUT2D eigenvalue weighted by Gasteiger charge is 2.14. The number of aromatic nitrogens is 3. The van der Waals surface area contributed by atoms with Crippen LogP contribution in [0.4, 0.5) is 28.8 Å². The molecule has 1 amide bonds. The minimum absolute atomic E-state index is 0.0422. The van der Waals surface area contributed by atoms with E-state index in [1.54, 1.807) is 6.20 Å². The first-order chi connectivity index (χ1) is 14.5. The van der Waals surface area contributed by atoms with Crippen molar-refractivity contribution in [2.45, 2.75) is 40.5 Å². The first kappa shape index (κ1) is 21.2. The zero-order chi connectivity index (χ0) is 21.5. The van der Waals surface area contributed by atoms with Crippen molar-refractivity contribution in [3.05, 3.63) is 60.0 Å². The number of carbonyl (C=O) groups excluding carboxylic acids is 1. The van der Waals surface area contributed by atoms with Crippen LogP contribution in [-0.2, 0) is 4.79 Å². The maximum absolute atomic E-state index is 12.2. The van der Waals surface area contributed by atoms with Crippen LogP contribution < -0.4 is 16.0 Å². The maximum Gasteiger partial charge on any atom is 0.227 e. The van der Waals surface area contributed by atoms with E-state index in [2.05, 4.69) is 30.9 Å². The number of benzene rings is 1. The molecule has 1 aromatic carbocycles. The molecule has 0 aliphatic heterocycles. The number of rotatable bonds is 8. The Hall–Kier alpha value is -3.48. The Morgan fingerprint density at radius 1 is 0.867 bits per heavy atom. The Morgan fingerprint density at radius 3 is 2.13 bits per heavy atom. The predicted molar refractivity (Wildman–Crippen MR) is 121 cm³/mol. The Labute approximate surface area is 177 Å². The van der Waals surface area contributed by atoms with Gasteiger partial charge in [-0.05, 0) is 68.7 Å². The molecule has 0 bridgehead atoms. The molecule has 0 aliphatic rings. The van der Waals surface area contributed by atoms with E-state index in [4.69, 9.17) is 0 Å². The quantitative estimate of drug-likeness (QED) is 0.469. The number of carbonyl (C=O) groups is 1.